The number of esters is 1. The fraction of sp³-hybridized carbons (Fsp3) is 0.579. The third kappa shape index (κ3) is 2.83. The molecular formula is C19H25N3O3. The van der Waals surface area contributed by atoms with Crippen molar-refractivity contribution in [1.29, 1.82) is 0 Å². The average Bonchev–Trinajstić information content (AvgIpc) is 3.13. The first-order valence-electron chi connectivity index (χ1n) is 9.00. The Labute approximate surface area is 147 Å². The SMILES string of the molecule is COC(=O)[C@@H]1C[C@H]2CC[C@@H](O)C[C@H]2N1Cc1nc2ccccc2n1C. The van der Waals surface area contributed by atoms with Crippen LogP contribution in [0.4, 0.5) is 0 Å². The van der Waals surface area contributed by atoms with E-state index in [1.807, 2.05) is 25.2 Å². The van der Waals surface area contributed by atoms with E-state index in [0.717, 1.165) is 42.5 Å². The molecule has 2 fully saturated rings. The Bertz CT molecular complexity index is 787. The number of methoxy groups -OCH3 is 1. The Balaban J connectivity index is 1.66. The number of para-hydroxylation sites is 2. The van der Waals surface area contributed by atoms with Crippen LogP contribution >= 0.6 is 0 Å². The normalized spacial score (nSPS) is 29.7. The highest BCUT2D eigenvalue weighted by Crippen LogP contribution is 2.41. The van der Waals surface area contributed by atoms with Gasteiger partial charge in [-0.05, 0) is 43.7 Å². The zero-order valence-electron chi connectivity index (χ0n) is 14.8. The van der Waals surface area contributed by atoms with Gasteiger partial charge >= 0.3 is 5.97 Å². The number of hydrogen-bond donors (Lipinski definition) is 1. The van der Waals surface area contributed by atoms with Gasteiger partial charge in [-0.2, -0.15) is 0 Å². The van der Waals surface area contributed by atoms with Crippen LogP contribution in [0.2, 0.25) is 0 Å². The lowest BCUT2D eigenvalue weighted by molar-refractivity contribution is -0.146. The van der Waals surface area contributed by atoms with Crippen molar-refractivity contribution in [3.8, 4) is 0 Å². The molecule has 0 spiro atoms. The standard InChI is InChI=1S/C19H25N3O3/c1-21-15-6-4-3-5-14(15)20-18(21)11-22-16-10-13(23)8-7-12(16)9-17(22)19(24)25-2/h3-6,12-13,16-17,23H,7-11H2,1-2H3/t12-,13-,16-,17+/m1/s1. The number of carbonyl (C=O) groups is 1. The van der Waals surface area contributed by atoms with Crippen molar-refractivity contribution in [2.45, 2.75) is 50.4 Å². The number of rotatable bonds is 3. The van der Waals surface area contributed by atoms with Gasteiger partial charge in [-0.25, -0.2) is 4.98 Å². The van der Waals surface area contributed by atoms with Crippen molar-refractivity contribution in [1.82, 2.24) is 14.5 Å². The maximum Gasteiger partial charge on any atom is 0.323 e. The maximum atomic E-state index is 12.3. The number of carbonyl (C=O) groups excluding carboxylic acids is 1. The van der Waals surface area contributed by atoms with E-state index in [1.54, 1.807) is 0 Å². The van der Waals surface area contributed by atoms with Crippen molar-refractivity contribution in [3.63, 3.8) is 0 Å². The smallest absolute Gasteiger partial charge is 0.323 e. The molecule has 2 aliphatic rings. The molecule has 0 bridgehead atoms. The van der Waals surface area contributed by atoms with Crippen LogP contribution < -0.4 is 0 Å². The summed E-state index contributed by atoms with van der Waals surface area (Å²) in [5.74, 6) is 1.21. The van der Waals surface area contributed by atoms with Crippen molar-refractivity contribution < 1.29 is 14.6 Å². The number of fused-ring (bicyclic) bond motifs is 2. The number of imidazole rings is 1. The summed E-state index contributed by atoms with van der Waals surface area (Å²) in [7, 11) is 3.47. The fourth-order valence-electron chi connectivity index (χ4n) is 4.62. The lowest BCUT2D eigenvalue weighted by Crippen LogP contribution is -2.44. The Kier molecular flexibility index (Phi) is 4.25. The van der Waals surface area contributed by atoms with Crippen LogP contribution in [0, 0.1) is 5.92 Å². The monoisotopic (exact) mass is 343 g/mol. The second kappa shape index (κ2) is 6.42. The summed E-state index contributed by atoms with van der Waals surface area (Å²) in [6.45, 7) is 0.596. The van der Waals surface area contributed by atoms with Crippen molar-refractivity contribution in [2.75, 3.05) is 7.11 Å². The Morgan fingerprint density at radius 2 is 2.12 bits per heavy atom. The van der Waals surface area contributed by atoms with E-state index in [0.29, 0.717) is 12.5 Å². The summed E-state index contributed by atoms with van der Waals surface area (Å²) in [6.07, 6.45) is 3.06. The first kappa shape index (κ1) is 16.5. The third-order valence-electron chi connectivity index (χ3n) is 5.96. The largest absolute Gasteiger partial charge is 0.468 e. The Hall–Kier alpha value is -1.92. The van der Waals surface area contributed by atoms with E-state index in [-0.39, 0.29) is 24.2 Å². The summed E-state index contributed by atoms with van der Waals surface area (Å²) in [6, 6.07) is 8.03. The molecular weight excluding hydrogens is 318 g/mol. The number of benzene rings is 1. The zero-order chi connectivity index (χ0) is 17.6. The van der Waals surface area contributed by atoms with Crippen molar-refractivity contribution in [3.05, 3.63) is 30.1 Å². The van der Waals surface area contributed by atoms with E-state index in [1.165, 1.54) is 7.11 Å². The summed E-state index contributed by atoms with van der Waals surface area (Å²) < 4.78 is 7.15. The minimum Gasteiger partial charge on any atom is -0.468 e. The number of aliphatic hydroxyl groups excluding tert-OH is 1. The number of nitrogens with zero attached hydrogens (tertiary/aromatic N) is 3. The van der Waals surface area contributed by atoms with Crippen LogP contribution in [-0.2, 0) is 23.1 Å². The van der Waals surface area contributed by atoms with Crippen LogP contribution in [-0.4, -0.2) is 50.8 Å². The zero-order valence-corrected chi connectivity index (χ0v) is 14.8. The number of hydrogen-bond acceptors (Lipinski definition) is 5. The van der Waals surface area contributed by atoms with Gasteiger partial charge in [0.1, 0.15) is 11.9 Å². The lowest BCUT2D eigenvalue weighted by atomic mass is 9.83. The molecule has 25 heavy (non-hydrogen) atoms. The first-order valence-corrected chi connectivity index (χ1v) is 9.00. The van der Waals surface area contributed by atoms with Gasteiger partial charge in [0.05, 0.1) is 30.8 Å². The van der Waals surface area contributed by atoms with Gasteiger partial charge in [0.15, 0.2) is 0 Å². The molecule has 1 aromatic carbocycles. The summed E-state index contributed by atoms with van der Waals surface area (Å²) in [4.78, 5) is 19.3. The molecule has 1 aromatic heterocycles. The van der Waals surface area contributed by atoms with E-state index < -0.39 is 0 Å². The van der Waals surface area contributed by atoms with Crippen molar-refractivity contribution in [2.24, 2.45) is 13.0 Å². The molecule has 2 aromatic rings. The van der Waals surface area contributed by atoms with Crippen LogP contribution in [0.25, 0.3) is 11.0 Å². The predicted octanol–water partition coefficient (Wildman–Crippen LogP) is 1.85. The molecule has 2 heterocycles. The molecule has 1 saturated heterocycles. The number of likely N-dealkylation sites (tertiary alicyclic amines) is 1. The van der Waals surface area contributed by atoms with Gasteiger partial charge in [-0.3, -0.25) is 9.69 Å². The van der Waals surface area contributed by atoms with E-state index in [9.17, 15) is 9.90 Å². The predicted molar refractivity (Wildman–Crippen MR) is 93.8 cm³/mol. The van der Waals surface area contributed by atoms with Crippen LogP contribution in [0.3, 0.4) is 0 Å². The molecule has 1 saturated carbocycles. The third-order valence-corrected chi connectivity index (χ3v) is 5.96. The topological polar surface area (TPSA) is 67.6 Å². The number of aliphatic hydroxyl groups is 1. The lowest BCUT2D eigenvalue weighted by Gasteiger charge is -2.35. The van der Waals surface area contributed by atoms with Gasteiger partial charge < -0.3 is 14.4 Å². The summed E-state index contributed by atoms with van der Waals surface area (Å²) in [5.41, 5.74) is 2.06. The fourth-order valence-corrected chi connectivity index (χ4v) is 4.62. The van der Waals surface area contributed by atoms with E-state index in [2.05, 4.69) is 15.5 Å². The molecule has 1 aliphatic carbocycles. The molecule has 0 radical (unpaired) electrons. The molecule has 1 N–H and O–H groups in total. The molecule has 1 aliphatic heterocycles. The molecule has 6 nitrogen and oxygen atoms in total. The highest BCUT2D eigenvalue weighted by molar-refractivity contribution is 5.77. The molecule has 0 unspecified atom stereocenters. The molecule has 6 heteroatoms. The van der Waals surface area contributed by atoms with Gasteiger partial charge in [-0.15, -0.1) is 0 Å². The summed E-state index contributed by atoms with van der Waals surface area (Å²) in [5, 5.41) is 10.1. The summed E-state index contributed by atoms with van der Waals surface area (Å²) >= 11 is 0. The van der Waals surface area contributed by atoms with Gasteiger partial charge in [0.25, 0.3) is 0 Å². The van der Waals surface area contributed by atoms with E-state index >= 15 is 0 Å². The average molecular weight is 343 g/mol. The number of aryl methyl sites for hydroxylation is 1. The quantitative estimate of drug-likeness (QED) is 0.862. The van der Waals surface area contributed by atoms with Crippen LogP contribution in [0.5, 0.6) is 0 Å². The molecule has 4 rings (SSSR count). The Morgan fingerprint density at radius 3 is 2.88 bits per heavy atom. The highest BCUT2D eigenvalue weighted by atomic mass is 16.5. The second-order valence-corrected chi connectivity index (χ2v) is 7.32. The van der Waals surface area contributed by atoms with Gasteiger partial charge in [-0.1, -0.05) is 12.1 Å². The number of ether oxygens (including phenoxy) is 1. The van der Waals surface area contributed by atoms with Gasteiger partial charge in [0.2, 0.25) is 0 Å². The van der Waals surface area contributed by atoms with Gasteiger partial charge in [0, 0.05) is 13.1 Å². The highest BCUT2D eigenvalue weighted by Gasteiger charge is 2.47. The van der Waals surface area contributed by atoms with E-state index in [4.69, 9.17) is 9.72 Å². The van der Waals surface area contributed by atoms with Crippen LogP contribution in [0.1, 0.15) is 31.5 Å². The first-order chi connectivity index (χ1) is 12.1. The molecule has 134 valence electrons. The minimum atomic E-state index is -0.277. The number of aromatic nitrogens is 2. The van der Waals surface area contributed by atoms with Crippen molar-refractivity contribution >= 4 is 17.0 Å². The maximum absolute atomic E-state index is 12.3. The minimum absolute atomic E-state index is 0.178. The second-order valence-electron chi connectivity index (χ2n) is 7.32. The Morgan fingerprint density at radius 1 is 1.32 bits per heavy atom. The van der Waals surface area contributed by atoms with Crippen LogP contribution in [0.15, 0.2) is 24.3 Å². The molecule has 0 amide bonds. The molecule has 4 atom stereocenters.